The van der Waals surface area contributed by atoms with E-state index in [1.165, 1.54) is 15.6 Å². The molecule has 0 aromatic carbocycles. The van der Waals surface area contributed by atoms with Gasteiger partial charge in [-0.3, -0.25) is 0 Å². The third-order valence-electron chi connectivity index (χ3n) is 3.43. The first-order valence-electron chi connectivity index (χ1n) is 6.94. The molecule has 1 atom stereocenters. The summed E-state index contributed by atoms with van der Waals surface area (Å²) in [6.45, 7) is 4.70. The monoisotopic (exact) mass is 339 g/mol. The van der Waals surface area contributed by atoms with E-state index >= 15 is 0 Å². The number of sulfonamides is 1. The zero-order valence-electron chi connectivity index (χ0n) is 12.4. The third kappa shape index (κ3) is 3.05. The van der Waals surface area contributed by atoms with Crippen LogP contribution < -0.4 is 0 Å². The Morgan fingerprint density at radius 3 is 2.86 bits per heavy atom. The predicted molar refractivity (Wildman–Crippen MR) is 83.3 cm³/mol. The van der Waals surface area contributed by atoms with Gasteiger partial charge in [0.1, 0.15) is 16.1 Å². The number of aromatic nitrogens is 2. The average Bonchev–Trinajstić information content (AvgIpc) is 3.01. The fourth-order valence-corrected chi connectivity index (χ4v) is 5.04. The first kappa shape index (κ1) is 15.5. The van der Waals surface area contributed by atoms with Gasteiger partial charge in [-0.2, -0.15) is 4.31 Å². The number of morpholine rings is 1. The SMILES string of the molecule is Cc1cc([C@@H]2CN(S(=O)(=O)c3cccs3)CCO2)nc(C)n1. The Labute approximate surface area is 133 Å². The Morgan fingerprint density at radius 2 is 2.18 bits per heavy atom. The van der Waals surface area contributed by atoms with Crippen molar-refractivity contribution < 1.29 is 13.2 Å². The van der Waals surface area contributed by atoms with E-state index in [1.807, 2.05) is 19.9 Å². The molecule has 0 aliphatic carbocycles. The smallest absolute Gasteiger partial charge is 0.252 e. The molecular formula is C14H17N3O3S2. The van der Waals surface area contributed by atoms with E-state index in [1.54, 1.807) is 17.5 Å². The van der Waals surface area contributed by atoms with Crippen LogP contribution >= 0.6 is 11.3 Å². The first-order chi connectivity index (χ1) is 10.5. The minimum atomic E-state index is -3.45. The average molecular weight is 339 g/mol. The van der Waals surface area contributed by atoms with Crippen LogP contribution in [0.3, 0.4) is 0 Å². The molecule has 0 spiro atoms. The van der Waals surface area contributed by atoms with Crippen molar-refractivity contribution >= 4 is 21.4 Å². The summed E-state index contributed by atoms with van der Waals surface area (Å²) in [6, 6.07) is 5.22. The van der Waals surface area contributed by atoms with E-state index in [2.05, 4.69) is 9.97 Å². The molecule has 1 aliphatic rings. The highest BCUT2D eigenvalue weighted by Gasteiger charge is 2.32. The van der Waals surface area contributed by atoms with Crippen molar-refractivity contribution in [3.8, 4) is 0 Å². The lowest BCUT2D eigenvalue weighted by molar-refractivity contribution is -0.00507. The molecule has 2 aromatic heterocycles. The van der Waals surface area contributed by atoms with E-state index in [-0.39, 0.29) is 12.6 Å². The van der Waals surface area contributed by atoms with Gasteiger partial charge >= 0.3 is 0 Å². The lowest BCUT2D eigenvalue weighted by atomic mass is 10.2. The fraction of sp³-hybridized carbons (Fsp3) is 0.429. The summed E-state index contributed by atoms with van der Waals surface area (Å²) in [4.78, 5) is 8.62. The minimum Gasteiger partial charge on any atom is -0.369 e. The second kappa shape index (κ2) is 6.04. The van der Waals surface area contributed by atoms with Gasteiger partial charge in [0, 0.05) is 18.8 Å². The maximum atomic E-state index is 12.6. The van der Waals surface area contributed by atoms with E-state index in [0.717, 1.165) is 11.4 Å². The van der Waals surface area contributed by atoms with Gasteiger partial charge < -0.3 is 4.74 Å². The van der Waals surface area contributed by atoms with Crippen LogP contribution in [0.4, 0.5) is 0 Å². The van der Waals surface area contributed by atoms with Crippen LogP contribution in [0.5, 0.6) is 0 Å². The topological polar surface area (TPSA) is 72.4 Å². The van der Waals surface area contributed by atoms with Crippen molar-refractivity contribution in [2.45, 2.75) is 24.2 Å². The summed E-state index contributed by atoms with van der Waals surface area (Å²) in [6.07, 6.45) is -0.358. The molecule has 0 saturated carbocycles. The molecule has 1 fully saturated rings. The number of hydrogen-bond acceptors (Lipinski definition) is 6. The second-order valence-corrected chi connectivity index (χ2v) is 8.25. The van der Waals surface area contributed by atoms with Gasteiger partial charge in [0.2, 0.25) is 0 Å². The molecule has 3 rings (SSSR count). The third-order valence-corrected chi connectivity index (χ3v) is 6.67. The van der Waals surface area contributed by atoms with Crippen molar-refractivity contribution in [2.75, 3.05) is 19.7 Å². The molecule has 22 heavy (non-hydrogen) atoms. The van der Waals surface area contributed by atoms with Crippen molar-refractivity contribution in [2.24, 2.45) is 0 Å². The van der Waals surface area contributed by atoms with Gasteiger partial charge in [-0.1, -0.05) is 6.07 Å². The molecule has 0 N–H and O–H groups in total. The summed E-state index contributed by atoms with van der Waals surface area (Å²) in [5.41, 5.74) is 1.58. The van der Waals surface area contributed by atoms with Gasteiger partial charge in [-0.15, -0.1) is 11.3 Å². The molecule has 1 aliphatic heterocycles. The number of rotatable bonds is 3. The number of ether oxygens (including phenoxy) is 1. The van der Waals surface area contributed by atoms with Gasteiger partial charge in [-0.05, 0) is 31.4 Å². The van der Waals surface area contributed by atoms with Crippen molar-refractivity contribution in [1.29, 1.82) is 0 Å². The van der Waals surface area contributed by atoms with Crippen LogP contribution in [0, 0.1) is 13.8 Å². The highest BCUT2D eigenvalue weighted by Crippen LogP contribution is 2.27. The largest absolute Gasteiger partial charge is 0.369 e. The number of nitrogens with zero attached hydrogens (tertiary/aromatic N) is 3. The molecule has 6 nitrogen and oxygen atoms in total. The summed E-state index contributed by atoms with van der Waals surface area (Å²) >= 11 is 1.23. The zero-order chi connectivity index (χ0) is 15.7. The Kier molecular flexibility index (Phi) is 4.26. The Morgan fingerprint density at radius 1 is 1.36 bits per heavy atom. The summed E-state index contributed by atoms with van der Waals surface area (Å²) in [7, 11) is -3.45. The maximum absolute atomic E-state index is 12.6. The normalized spacial score (nSPS) is 20.2. The van der Waals surface area contributed by atoms with Crippen LogP contribution in [-0.4, -0.2) is 42.4 Å². The molecule has 0 amide bonds. The summed E-state index contributed by atoms with van der Waals surface area (Å²) in [5.74, 6) is 0.664. The minimum absolute atomic E-state index is 0.274. The van der Waals surface area contributed by atoms with Crippen molar-refractivity contribution in [1.82, 2.24) is 14.3 Å². The lowest BCUT2D eigenvalue weighted by Gasteiger charge is -2.31. The predicted octanol–water partition coefficient (Wildman–Crippen LogP) is 1.92. The quantitative estimate of drug-likeness (QED) is 0.854. The van der Waals surface area contributed by atoms with Crippen LogP contribution in [0.15, 0.2) is 27.8 Å². The molecule has 0 unspecified atom stereocenters. The molecule has 1 saturated heterocycles. The Balaban J connectivity index is 1.86. The Hall–Kier alpha value is -1.35. The van der Waals surface area contributed by atoms with Crippen LogP contribution in [0.1, 0.15) is 23.3 Å². The lowest BCUT2D eigenvalue weighted by Crippen LogP contribution is -2.42. The maximum Gasteiger partial charge on any atom is 0.252 e. The second-order valence-electron chi connectivity index (χ2n) is 5.14. The first-order valence-corrected chi connectivity index (χ1v) is 9.26. The van der Waals surface area contributed by atoms with Crippen LogP contribution in [0.25, 0.3) is 0 Å². The van der Waals surface area contributed by atoms with E-state index < -0.39 is 10.0 Å². The highest BCUT2D eigenvalue weighted by atomic mass is 32.2. The molecular weight excluding hydrogens is 322 g/mol. The molecule has 3 heterocycles. The highest BCUT2D eigenvalue weighted by molar-refractivity contribution is 7.91. The molecule has 118 valence electrons. The van der Waals surface area contributed by atoms with Gasteiger partial charge in [0.25, 0.3) is 10.0 Å². The molecule has 8 heteroatoms. The van der Waals surface area contributed by atoms with Crippen LogP contribution in [0.2, 0.25) is 0 Å². The van der Waals surface area contributed by atoms with Crippen molar-refractivity contribution in [3.63, 3.8) is 0 Å². The van der Waals surface area contributed by atoms with E-state index in [0.29, 0.717) is 23.2 Å². The molecule has 2 aromatic rings. The summed E-state index contributed by atoms with van der Waals surface area (Å²) in [5, 5.41) is 1.77. The summed E-state index contributed by atoms with van der Waals surface area (Å²) < 4.78 is 32.8. The van der Waals surface area contributed by atoms with Gasteiger partial charge in [0.15, 0.2) is 0 Å². The van der Waals surface area contributed by atoms with E-state index in [9.17, 15) is 8.42 Å². The Bertz CT molecular complexity index is 739. The van der Waals surface area contributed by atoms with Crippen molar-refractivity contribution in [3.05, 3.63) is 40.8 Å². The fourth-order valence-electron chi connectivity index (χ4n) is 2.47. The standard InChI is InChI=1S/C14H17N3O3S2/c1-10-8-12(16-11(2)15-10)13-9-17(5-6-20-13)22(18,19)14-4-3-7-21-14/h3-4,7-8,13H,5-6,9H2,1-2H3/t13-/m0/s1. The zero-order valence-corrected chi connectivity index (χ0v) is 14.0. The molecule has 0 radical (unpaired) electrons. The van der Waals surface area contributed by atoms with Crippen LogP contribution in [-0.2, 0) is 14.8 Å². The number of hydrogen-bond donors (Lipinski definition) is 0. The molecule has 0 bridgehead atoms. The van der Waals surface area contributed by atoms with Gasteiger partial charge in [0.05, 0.1) is 12.3 Å². The number of aryl methyl sites for hydroxylation is 2. The van der Waals surface area contributed by atoms with Gasteiger partial charge in [-0.25, -0.2) is 18.4 Å². The number of thiophene rings is 1. The van der Waals surface area contributed by atoms with E-state index in [4.69, 9.17) is 4.74 Å².